The highest BCUT2D eigenvalue weighted by atomic mass is 32.1. The Morgan fingerprint density at radius 3 is 2.42 bits per heavy atom. The van der Waals surface area contributed by atoms with Gasteiger partial charge in [0.25, 0.3) is 0 Å². The average Bonchev–Trinajstić information content (AvgIpc) is 3.04. The summed E-state index contributed by atoms with van der Waals surface area (Å²) in [5.41, 5.74) is 0.440. The molecule has 1 aliphatic carbocycles. The molecule has 3 rings (SSSR count). The topological polar surface area (TPSA) is 64.6 Å². The molecule has 1 aromatic carbocycles. The number of amides is 1. The number of hydrogen-bond acceptors (Lipinski definition) is 5. The predicted octanol–water partition coefficient (Wildman–Crippen LogP) is 4.34. The molecular formula is C20H23NO4S. The number of methoxy groups -OCH3 is 1. The van der Waals surface area contributed by atoms with E-state index in [9.17, 15) is 9.59 Å². The second-order valence-corrected chi connectivity index (χ2v) is 8.39. The highest BCUT2D eigenvalue weighted by Crippen LogP contribution is 2.52. The van der Waals surface area contributed by atoms with Crippen molar-refractivity contribution >= 4 is 23.4 Å². The Balaban J connectivity index is 1.77. The van der Waals surface area contributed by atoms with E-state index < -0.39 is 23.2 Å². The van der Waals surface area contributed by atoms with E-state index >= 15 is 0 Å². The summed E-state index contributed by atoms with van der Waals surface area (Å²) in [6.45, 7) is 5.35. The number of hydrogen-bond donors (Lipinski definition) is 1. The lowest BCUT2D eigenvalue weighted by Crippen LogP contribution is -2.47. The first kappa shape index (κ1) is 18.5. The standard InChI is InChI=1S/C20H23NO4S/c1-19(2,3)25-18(23)21-20(17(22)24-4)12-15(20)13-7-9-14(10-8-13)16-6-5-11-26-16/h5-11,15H,12H2,1-4H3,(H,21,23)/t15-,20?/m0/s1. The molecule has 6 heteroatoms. The Kier molecular flexibility index (Phi) is 4.80. The Bertz CT molecular complexity index is 792. The lowest BCUT2D eigenvalue weighted by atomic mass is 10.0. The summed E-state index contributed by atoms with van der Waals surface area (Å²) >= 11 is 1.68. The molecule has 1 unspecified atom stereocenters. The van der Waals surface area contributed by atoms with Gasteiger partial charge in [0.2, 0.25) is 0 Å². The molecule has 1 heterocycles. The SMILES string of the molecule is COC(=O)C1(NC(=O)OC(C)(C)C)C[C@H]1c1ccc(-c2cccs2)cc1. The fourth-order valence-corrected chi connectivity index (χ4v) is 3.80. The minimum absolute atomic E-state index is 0.125. The lowest BCUT2D eigenvalue weighted by molar-refractivity contribution is -0.144. The van der Waals surface area contributed by atoms with E-state index in [0.717, 1.165) is 11.1 Å². The van der Waals surface area contributed by atoms with Crippen LogP contribution in [0.3, 0.4) is 0 Å². The largest absolute Gasteiger partial charge is 0.467 e. The van der Waals surface area contributed by atoms with Gasteiger partial charge in [-0.25, -0.2) is 9.59 Å². The normalized spacial score (nSPS) is 21.8. The summed E-state index contributed by atoms with van der Waals surface area (Å²) in [6.07, 6.45) is -0.113. The van der Waals surface area contributed by atoms with Gasteiger partial charge in [-0.15, -0.1) is 11.3 Å². The molecule has 0 spiro atoms. The van der Waals surface area contributed by atoms with E-state index in [1.165, 1.54) is 12.0 Å². The van der Waals surface area contributed by atoms with Gasteiger partial charge in [-0.2, -0.15) is 0 Å². The zero-order chi connectivity index (χ0) is 18.9. The molecule has 1 aromatic heterocycles. The minimum atomic E-state index is -1.05. The van der Waals surface area contributed by atoms with Crippen LogP contribution in [0.15, 0.2) is 41.8 Å². The Morgan fingerprint density at radius 1 is 1.19 bits per heavy atom. The van der Waals surface area contributed by atoms with E-state index in [4.69, 9.17) is 9.47 Å². The van der Waals surface area contributed by atoms with Crippen LogP contribution in [-0.4, -0.2) is 30.3 Å². The van der Waals surface area contributed by atoms with Gasteiger partial charge in [-0.1, -0.05) is 30.3 Å². The summed E-state index contributed by atoms with van der Waals surface area (Å²) in [5, 5.41) is 4.77. The molecule has 0 saturated heterocycles. The van der Waals surface area contributed by atoms with Gasteiger partial charge in [-0.3, -0.25) is 0 Å². The van der Waals surface area contributed by atoms with Crippen molar-refractivity contribution in [3.8, 4) is 10.4 Å². The molecular weight excluding hydrogens is 350 g/mol. The molecule has 0 bridgehead atoms. The number of carbonyl (C=O) groups is 2. The molecule has 1 aliphatic rings. The maximum atomic E-state index is 12.3. The summed E-state index contributed by atoms with van der Waals surface area (Å²) in [7, 11) is 1.33. The minimum Gasteiger partial charge on any atom is -0.467 e. The van der Waals surface area contributed by atoms with Crippen molar-refractivity contribution < 1.29 is 19.1 Å². The Morgan fingerprint density at radius 2 is 1.88 bits per heavy atom. The van der Waals surface area contributed by atoms with Crippen LogP contribution in [0, 0.1) is 0 Å². The second kappa shape index (κ2) is 6.76. The summed E-state index contributed by atoms with van der Waals surface area (Å²) in [5.74, 6) is -0.574. The molecule has 1 amide bonds. The first-order chi connectivity index (χ1) is 12.2. The van der Waals surface area contributed by atoms with Crippen LogP contribution >= 0.6 is 11.3 Å². The molecule has 5 nitrogen and oxygen atoms in total. The van der Waals surface area contributed by atoms with Crippen molar-refractivity contribution in [3.05, 3.63) is 47.3 Å². The third-order valence-corrected chi connectivity index (χ3v) is 5.27. The van der Waals surface area contributed by atoms with E-state index in [1.807, 2.05) is 35.7 Å². The number of thiophene rings is 1. The highest BCUT2D eigenvalue weighted by molar-refractivity contribution is 7.13. The second-order valence-electron chi connectivity index (χ2n) is 7.45. The van der Waals surface area contributed by atoms with Crippen LogP contribution in [0.25, 0.3) is 10.4 Å². The summed E-state index contributed by atoms with van der Waals surface area (Å²) in [4.78, 5) is 25.7. The number of ether oxygens (including phenoxy) is 2. The average molecular weight is 373 g/mol. The van der Waals surface area contributed by atoms with Crippen LogP contribution in [0.1, 0.15) is 38.7 Å². The number of nitrogens with one attached hydrogen (secondary N) is 1. The van der Waals surface area contributed by atoms with E-state index in [-0.39, 0.29) is 5.92 Å². The monoisotopic (exact) mass is 373 g/mol. The lowest BCUT2D eigenvalue weighted by Gasteiger charge is -2.23. The van der Waals surface area contributed by atoms with Crippen molar-refractivity contribution in [1.82, 2.24) is 5.32 Å². The Labute approximate surface area is 157 Å². The van der Waals surface area contributed by atoms with Crippen molar-refractivity contribution in [2.24, 2.45) is 0 Å². The van der Waals surface area contributed by atoms with Crippen molar-refractivity contribution in [2.75, 3.05) is 7.11 Å². The molecule has 1 saturated carbocycles. The highest BCUT2D eigenvalue weighted by Gasteiger charge is 2.63. The smallest absolute Gasteiger partial charge is 0.408 e. The quantitative estimate of drug-likeness (QED) is 0.810. The molecule has 0 radical (unpaired) electrons. The number of benzene rings is 1. The van der Waals surface area contributed by atoms with Gasteiger partial charge < -0.3 is 14.8 Å². The van der Waals surface area contributed by atoms with Crippen LogP contribution in [0.4, 0.5) is 4.79 Å². The van der Waals surface area contributed by atoms with Crippen molar-refractivity contribution in [3.63, 3.8) is 0 Å². The third-order valence-electron chi connectivity index (χ3n) is 4.35. The molecule has 2 atom stereocenters. The van der Waals surface area contributed by atoms with E-state index in [1.54, 1.807) is 32.1 Å². The molecule has 26 heavy (non-hydrogen) atoms. The molecule has 0 aliphatic heterocycles. The predicted molar refractivity (Wildman–Crippen MR) is 101 cm³/mol. The zero-order valence-corrected chi connectivity index (χ0v) is 16.2. The van der Waals surface area contributed by atoms with Gasteiger partial charge in [0.15, 0.2) is 0 Å². The van der Waals surface area contributed by atoms with Gasteiger partial charge in [0.1, 0.15) is 11.1 Å². The fourth-order valence-electron chi connectivity index (χ4n) is 3.07. The first-order valence-corrected chi connectivity index (χ1v) is 9.36. The first-order valence-electron chi connectivity index (χ1n) is 8.48. The number of alkyl carbamates (subject to hydrolysis) is 1. The van der Waals surface area contributed by atoms with Crippen LogP contribution in [0.2, 0.25) is 0 Å². The third kappa shape index (κ3) is 3.75. The van der Waals surface area contributed by atoms with Gasteiger partial charge >= 0.3 is 12.1 Å². The number of carbonyl (C=O) groups excluding carboxylic acids is 2. The van der Waals surface area contributed by atoms with Gasteiger partial charge in [0.05, 0.1) is 7.11 Å². The van der Waals surface area contributed by atoms with Crippen molar-refractivity contribution in [1.29, 1.82) is 0 Å². The number of rotatable bonds is 4. The zero-order valence-electron chi connectivity index (χ0n) is 15.4. The van der Waals surface area contributed by atoms with Crippen LogP contribution < -0.4 is 5.32 Å². The van der Waals surface area contributed by atoms with E-state index in [0.29, 0.717) is 6.42 Å². The van der Waals surface area contributed by atoms with Crippen molar-refractivity contribution in [2.45, 2.75) is 44.2 Å². The molecule has 1 N–H and O–H groups in total. The van der Waals surface area contributed by atoms with E-state index in [2.05, 4.69) is 11.4 Å². The summed E-state index contributed by atoms with van der Waals surface area (Å²) < 4.78 is 10.2. The molecule has 1 fully saturated rings. The summed E-state index contributed by atoms with van der Waals surface area (Å²) in [6, 6.07) is 12.2. The van der Waals surface area contributed by atoms with Gasteiger partial charge in [0, 0.05) is 10.8 Å². The van der Waals surface area contributed by atoms with Gasteiger partial charge in [-0.05, 0) is 49.8 Å². The molecule has 138 valence electrons. The van der Waals surface area contributed by atoms with Crippen LogP contribution in [-0.2, 0) is 14.3 Å². The number of esters is 1. The Hall–Kier alpha value is -2.34. The molecule has 2 aromatic rings. The maximum Gasteiger partial charge on any atom is 0.408 e. The fraction of sp³-hybridized carbons (Fsp3) is 0.400. The van der Waals surface area contributed by atoms with Crippen LogP contribution in [0.5, 0.6) is 0 Å². The maximum absolute atomic E-state index is 12.3.